The summed E-state index contributed by atoms with van der Waals surface area (Å²) in [6.45, 7) is 4.99. The molecule has 2 aliphatic rings. The predicted molar refractivity (Wildman–Crippen MR) is 85.7 cm³/mol. The summed E-state index contributed by atoms with van der Waals surface area (Å²) in [6, 6.07) is 6.78. The Labute approximate surface area is 127 Å². The molecule has 1 aliphatic carbocycles. The smallest absolute Gasteiger partial charge is 0.253 e. The second kappa shape index (κ2) is 6.61. The summed E-state index contributed by atoms with van der Waals surface area (Å²) in [7, 11) is 0. The Balaban J connectivity index is 1.67. The Kier molecular flexibility index (Phi) is 4.59. The number of carbonyl (C=O) groups is 1. The molecule has 0 bridgehead atoms. The maximum absolute atomic E-state index is 12.7. The van der Waals surface area contributed by atoms with E-state index in [9.17, 15) is 4.79 Å². The number of carbonyl (C=O) groups excluding carboxylic acids is 1. The third-order valence-corrected chi connectivity index (χ3v) is 4.74. The Morgan fingerprint density at radius 2 is 2.14 bits per heavy atom. The first kappa shape index (κ1) is 14.6. The maximum atomic E-state index is 12.7. The Hall–Kier alpha value is -1.35. The van der Waals surface area contributed by atoms with Gasteiger partial charge in [-0.3, -0.25) is 4.79 Å². The van der Waals surface area contributed by atoms with Crippen LogP contribution in [0.2, 0.25) is 0 Å². The van der Waals surface area contributed by atoms with E-state index in [4.69, 9.17) is 0 Å². The number of benzene rings is 1. The fraction of sp³-hybridized carbons (Fsp3) is 0.611. The van der Waals surface area contributed by atoms with Gasteiger partial charge >= 0.3 is 0 Å². The van der Waals surface area contributed by atoms with Crippen LogP contribution in [-0.4, -0.2) is 36.5 Å². The molecule has 3 nitrogen and oxygen atoms in total. The second-order valence-electron chi connectivity index (χ2n) is 6.38. The van der Waals surface area contributed by atoms with Crippen LogP contribution in [0, 0.1) is 0 Å². The van der Waals surface area contributed by atoms with Crippen LogP contribution >= 0.6 is 0 Å². The van der Waals surface area contributed by atoms with Crippen molar-refractivity contribution < 1.29 is 4.79 Å². The predicted octanol–water partition coefficient (Wildman–Crippen LogP) is 2.78. The highest BCUT2D eigenvalue weighted by molar-refractivity contribution is 5.94. The summed E-state index contributed by atoms with van der Waals surface area (Å²) in [4.78, 5) is 14.8. The van der Waals surface area contributed by atoms with E-state index in [0.717, 1.165) is 44.5 Å². The highest BCUT2D eigenvalue weighted by Crippen LogP contribution is 2.24. The minimum atomic E-state index is 0.215. The van der Waals surface area contributed by atoms with Crippen LogP contribution in [-0.2, 0) is 12.8 Å². The fourth-order valence-corrected chi connectivity index (χ4v) is 3.56. The molecule has 1 amide bonds. The lowest BCUT2D eigenvalue weighted by molar-refractivity contribution is 0.0695. The summed E-state index contributed by atoms with van der Waals surface area (Å²) in [5.74, 6) is 0.215. The van der Waals surface area contributed by atoms with Gasteiger partial charge in [0.2, 0.25) is 0 Å². The third kappa shape index (κ3) is 3.29. The van der Waals surface area contributed by atoms with Crippen LogP contribution in [0.25, 0.3) is 0 Å². The zero-order valence-electron chi connectivity index (χ0n) is 13.0. The van der Waals surface area contributed by atoms with Crippen molar-refractivity contribution in [2.45, 2.75) is 51.5 Å². The summed E-state index contributed by atoms with van der Waals surface area (Å²) in [6.07, 6.45) is 6.99. The van der Waals surface area contributed by atoms with Crippen LogP contribution in [0.3, 0.4) is 0 Å². The molecule has 0 aromatic heterocycles. The molecule has 1 aromatic rings. The number of hydrogen-bond acceptors (Lipinski definition) is 2. The summed E-state index contributed by atoms with van der Waals surface area (Å²) in [5.41, 5.74) is 3.71. The molecule has 1 saturated heterocycles. The number of nitrogens with one attached hydrogen (secondary N) is 1. The van der Waals surface area contributed by atoms with Crippen molar-refractivity contribution in [3.63, 3.8) is 0 Å². The quantitative estimate of drug-likeness (QED) is 0.923. The maximum Gasteiger partial charge on any atom is 0.253 e. The molecule has 114 valence electrons. The molecule has 1 aromatic carbocycles. The number of fused-ring (bicyclic) bond motifs is 1. The molecule has 3 heteroatoms. The number of amides is 1. The van der Waals surface area contributed by atoms with Gasteiger partial charge in [-0.25, -0.2) is 0 Å². The van der Waals surface area contributed by atoms with Crippen LogP contribution < -0.4 is 5.32 Å². The van der Waals surface area contributed by atoms with E-state index in [1.54, 1.807) is 0 Å². The van der Waals surface area contributed by atoms with E-state index in [1.807, 2.05) is 11.0 Å². The summed E-state index contributed by atoms with van der Waals surface area (Å²) < 4.78 is 0. The van der Waals surface area contributed by atoms with Crippen molar-refractivity contribution in [1.82, 2.24) is 10.2 Å². The highest BCUT2D eigenvalue weighted by Gasteiger charge is 2.24. The van der Waals surface area contributed by atoms with E-state index in [1.165, 1.54) is 30.4 Å². The Bertz CT molecular complexity index is 512. The van der Waals surface area contributed by atoms with Crippen molar-refractivity contribution in [1.29, 1.82) is 0 Å². The van der Waals surface area contributed by atoms with Crippen molar-refractivity contribution in [3.8, 4) is 0 Å². The van der Waals surface area contributed by atoms with Crippen molar-refractivity contribution in [2.75, 3.05) is 19.6 Å². The van der Waals surface area contributed by atoms with Crippen LogP contribution in [0.4, 0.5) is 0 Å². The van der Waals surface area contributed by atoms with Crippen molar-refractivity contribution >= 4 is 5.91 Å². The van der Waals surface area contributed by atoms with Crippen LogP contribution in [0.5, 0.6) is 0 Å². The fourth-order valence-electron chi connectivity index (χ4n) is 3.56. The molecule has 0 spiro atoms. The number of rotatable bonds is 4. The number of likely N-dealkylation sites (tertiary alicyclic amines) is 1. The largest absolute Gasteiger partial charge is 0.337 e. The van der Waals surface area contributed by atoms with Gasteiger partial charge in [-0.05, 0) is 68.3 Å². The first-order valence-corrected chi connectivity index (χ1v) is 8.42. The molecule has 1 aliphatic heterocycles. The molecule has 0 saturated carbocycles. The van der Waals surface area contributed by atoms with E-state index < -0.39 is 0 Å². The zero-order chi connectivity index (χ0) is 14.7. The van der Waals surface area contributed by atoms with Gasteiger partial charge in [0.25, 0.3) is 5.91 Å². The second-order valence-corrected chi connectivity index (χ2v) is 6.38. The van der Waals surface area contributed by atoms with Gasteiger partial charge in [0.05, 0.1) is 0 Å². The molecule has 0 radical (unpaired) electrons. The van der Waals surface area contributed by atoms with E-state index >= 15 is 0 Å². The monoisotopic (exact) mass is 286 g/mol. The lowest BCUT2D eigenvalue weighted by Crippen LogP contribution is -2.48. The number of hydrogen-bond donors (Lipinski definition) is 1. The molecule has 1 heterocycles. The zero-order valence-corrected chi connectivity index (χ0v) is 13.0. The van der Waals surface area contributed by atoms with E-state index in [2.05, 4.69) is 24.4 Å². The van der Waals surface area contributed by atoms with Gasteiger partial charge in [0.15, 0.2) is 0 Å². The molecule has 1 unspecified atom stereocenters. The highest BCUT2D eigenvalue weighted by atomic mass is 16.2. The summed E-state index contributed by atoms with van der Waals surface area (Å²) in [5, 5.41) is 3.56. The van der Waals surface area contributed by atoms with Gasteiger partial charge in [-0.2, -0.15) is 0 Å². The van der Waals surface area contributed by atoms with Crippen molar-refractivity contribution in [2.24, 2.45) is 0 Å². The number of aryl methyl sites for hydroxylation is 2. The average molecular weight is 286 g/mol. The van der Waals surface area contributed by atoms with Gasteiger partial charge in [0.1, 0.15) is 0 Å². The number of piperidine rings is 1. The van der Waals surface area contributed by atoms with Gasteiger partial charge in [-0.15, -0.1) is 0 Å². The van der Waals surface area contributed by atoms with Crippen molar-refractivity contribution in [3.05, 3.63) is 34.9 Å². The Morgan fingerprint density at radius 3 is 3.00 bits per heavy atom. The first-order valence-electron chi connectivity index (χ1n) is 8.42. The van der Waals surface area contributed by atoms with Gasteiger partial charge in [0, 0.05) is 24.7 Å². The van der Waals surface area contributed by atoms with E-state index in [0.29, 0.717) is 6.04 Å². The topological polar surface area (TPSA) is 32.3 Å². The lowest BCUT2D eigenvalue weighted by atomic mass is 10.0. The summed E-state index contributed by atoms with van der Waals surface area (Å²) >= 11 is 0. The minimum absolute atomic E-state index is 0.215. The van der Waals surface area contributed by atoms with Gasteiger partial charge in [-0.1, -0.05) is 13.0 Å². The van der Waals surface area contributed by atoms with Gasteiger partial charge < -0.3 is 10.2 Å². The first-order chi connectivity index (χ1) is 10.3. The number of nitrogens with zero attached hydrogens (tertiary/aromatic N) is 1. The molecule has 1 fully saturated rings. The molecular weight excluding hydrogens is 260 g/mol. The minimum Gasteiger partial charge on any atom is -0.337 e. The standard InChI is InChI=1S/C18H26N2O/c1-2-10-19-17-7-4-11-20(13-17)18(21)16-9-8-14-5-3-6-15(14)12-16/h8-9,12,17,19H,2-7,10-11,13H2,1H3. The molecule has 3 rings (SSSR count). The van der Waals surface area contributed by atoms with Crippen LogP contribution in [0.1, 0.15) is 54.1 Å². The molecule has 1 N–H and O–H groups in total. The SMILES string of the molecule is CCCNC1CCCN(C(=O)c2ccc3c(c2)CCC3)C1. The average Bonchev–Trinajstić information content (AvgIpc) is 3.00. The lowest BCUT2D eigenvalue weighted by Gasteiger charge is -2.33. The molecular formula is C18H26N2O. The third-order valence-electron chi connectivity index (χ3n) is 4.74. The Morgan fingerprint density at radius 1 is 1.29 bits per heavy atom. The normalized spacial score (nSPS) is 21.4. The van der Waals surface area contributed by atoms with E-state index in [-0.39, 0.29) is 5.91 Å². The molecule has 1 atom stereocenters. The molecule has 21 heavy (non-hydrogen) atoms. The van der Waals surface area contributed by atoms with Crippen LogP contribution in [0.15, 0.2) is 18.2 Å².